The molecule has 82 valence electrons. The van der Waals surface area contributed by atoms with Crippen molar-refractivity contribution in [1.82, 2.24) is 0 Å². The average Bonchev–Trinajstić information content (AvgIpc) is 2.17. The first-order valence-electron chi connectivity index (χ1n) is 4.52. The Hall–Kier alpha value is -1.07. The Labute approximate surface area is 97.3 Å². The molecule has 1 rings (SSSR count). The molecule has 0 radical (unpaired) electrons. The molecule has 1 aromatic rings. The highest BCUT2D eigenvalue weighted by atomic mass is 79.9. The van der Waals surface area contributed by atoms with Gasteiger partial charge in [0, 0.05) is 29.3 Å². The van der Waals surface area contributed by atoms with E-state index in [2.05, 4.69) is 15.9 Å². The highest BCUT2D eigenvalue weighted by Crippen LogP contribution is 2.23. The Kier molecular flexibility index (Phi) is 4.11. The molecule has 0 bridgehead atoms. The summed E-state index contributed by atoms with van der Waals surface area (Å²) in [6.07, 6.45) is 0. The summed E-state index contributed by atoms with van der Waals surface area (Å²) < 4.78 is 0.789. The van der Waals surface area contributed by atoms with Gasteiger partial charge in [0.05, 0.1) is 6.61 Å². The van der Waals surface area contributed by atoms with Crippen molar-refractivity contribution in [2.24, 2.45) is 5.73 Å². The maximum Gasteiger partial charge on any atom is 0.123 e. The van der Waals surface area contributed by atoms with Crippen LogP contribution in [-0.2, 0) is 0 Å². The van der Waals surface area contributed by atoms with Gasteiger partial charge in [-0.25, -0.2) is 0 Å². The minimum Gasteiger partial charge on any atom is -0.395 e. The van der Waals surface area contributed by atoms with Gasteiger partial charge in [-0.1, -0.05) is 0 Å². The van der Waals surface area contributed by atoms with E-state index < -0.39 is 0 Å². The van der Waals surface area contributed by atoms with Crippen LogP contribution < -0.4 is 10.6 Å². The van der Waals surface area contributed by atoms with Crippen molar-refractivity contribution in [3.63, 3.8) is 0 Å². The van der Waals surface area contributed by atoms with E-state index in [0.717, 1.165) is 10.2 Å². The average molecular weight is 272 g/mol. The molecular weight excluding hydrogens is 258 g/mol. The number of rotatable bonds is 4. The second kappa shape index (κ2) is 5.14. The lowest BCUT2D eigenvalue weighted by molar-refractivity contribution is 0.304. The molecule has 5 heteroatoms. The Balaban J connectivity index is 2.96. The molecule has 0 aliphatic heterocycles. The first-order chi connectivity index (χ1) is 7.06. The van der Waals surface area contributed by atoms with Crippen molar-refractivity contribution in [1.29, 1.82) is 5.41 Å². The number of amidine groups is 1. The monoisotopic (exact) mass is 271 g/mol. The van der Waals surface area contributed by atoms with Crippen molar-refractivity contribution < 1.29 is 5.11 Å². The first-order valence-corrected chi connectivity index (χ1v) is 5.31. The largest absolute Gasteiger partial charge is 0.395 e. The molecule has 0 atom stereocenters. The highest BCUT2D eigenvalue weighted by molar-refractivity contribution is 9.10. The van der Waals surface area contributed by atoms with Gasteiger partial charge in [-0.15, -0.1) is 0 Å². The molecular formula is C10H14BrN3O. The number of halogens is 1. The number of likely N-dealkylation sites (N-methyl/N-ethyl adjacent to an activating group) is 1. The minimum atomic E-state index is 0.0400. The van der Waals surface area contributed by atoms with Crippen molar-refractivity contribution >= 4 is 27.5 Å². The fourth-order valence-electron chi connectivity index (χ4n) is 1.24. The molecule has 4 N–H and O–H groups in total. The Morgan fingerprint density at radius 2 is 2.27 bits per heavy atom. The zero-order chi connectivity index (χ0) is 11.4. The van der Waals surface area contributed by atoms with Crippen LogP contribution in [0.5, 0.6) is 0 Å². The molecule has 0 aliphatic rings. The van der Waals surface area contributed by atoms with Crippen LogP contribution in [-0.4, -0.2) is 31.1 Å². The molecule has 0 heterocycles. The number of nitrogen functional groups attached to an aromatic ring is 1. The van der Waals surface area contributed by atoms with Gasteiger partial charge in [0.25, 0.3) is 0 Å². The van der Waals surface area contributed by atoms with Gasteiger partial charge in [0.2, 0.25) is 0 Å². The zero-order valence-electron chi connectivity index (χ0n) is 8.50. The Morgan fingerprint density at radius 3 is 2.73 bits per heavy atom. The second-order valence-corrected chi connectivity index (χ2v) is 4.08. The molecule has 1 aromatic carbocycles. The van der Waals surface area contributed by atoms with Gasteiger partial charge < -0.3 is 15.7 Å². The predicted molar refractivity (Wildman–Crippen MR) is 65.5 cm³/mol. The fraction of sp³-hybridized carbons (Fsp3) is 0.300. The van der Waals surface area contributed by atoms with Crippen LogP contribution in [0.1, 0.15) is 5.56 Å². The Bertz CT molecular complexity index is 368. The minimum absolute atomic E-state index is 0.0400. The summed E-state index contributed by atoms with van der Waals surface area (Å²) in [5.41, 5.74) is 7.05. The number of nitrogens with zero attached hydrogens (tertiary/aromatic N) is 1. The molecule has 0 unspecified atom stereocenters. The Morgan fingerprint density at radius 1 is 1.60 bits per heavy atom. The molecule has 15 heavy (non-hydrogen) atoms. The van der Waals surface area contributed by atoms with Crippen LogP contribution in [0.2, 0.25) is 0 Å². The van der Waals surface area contributed by atoms with E-state index in [1.807, 2.05) is 24.1 Å². The number of benzene rings is 1. The first kappa shape index (κ1) is 12.0. The quantitative estimate of drug-likeness (QED) is 0.569. The number of aliphatic hydroxyl groups is 1. The topological polar surface area (TPSA) is 73.3 Å². The summed E-state index contributed by atoms with van der Waals surface area (Å²) in [7, 11) is 1.89. The van der Waals surface area contributed by atoms with Crippen LogP contribution in [0.25, 0.3) is 0 Å². The maximum absolute atomic E-state index is 8.80. The van der Waals surface area contributed by atoms with E-state index in [9.17, 15) is 0 Å². The standard InChI is InChI=1S/C10H14BrN3O/c1-14(4-5-15)7-2-3-8(10(12)13)9(11)6-7/h2-3,6,15H,4-5H2,1H3,(H3,12,13). The molecule has 0 spiro atoms. The van der Waals surface area contributed by atoms with Crippen molar-refractivity contribution in [2.75, 3.05) is 25.1 Å². The fourth-order valence-corrected chi connectivity index (χ4v) is 1.82. The third-order valence-corrected chi connectivity index (χ3v) is 2.78. The summed E-state index contributed by atoms with van der Waals surface area (Å²) >= 11 is 3.36. The lowest BCUT2D eigenvalue weighted by Crippen LogP contribution is -2.21. The highest BCUT2D eigenvalue weighted by Gasteiger charge is 2.06. The van der Waals surface area contributed by atoms with Gasteiger partial charge in [-0.05, 0) is 34.1 Å². The van der Waals surface area contributed by atoms with Crippen molar-refractivity contribution in [2.45, 2.75) is 0 Å². The molecule has 0 fully saturated rings. The molecule has 0 aromatic heterocycles. The van der Waals surface area contributed by atoms with E-state index in [-0.39, 0.29) is 12.4 Å². The predicted octanol–water partition coefficient (Wildman–Crippen LogP) is 1.16. The van der Waals surface area contributed by atoms with Crippen LogP contribution in [0.15, 0.2) is 22.7 Å². The molecule has 0 amide bonds. The lowest BCUT2D eigenvalue weighted by atomic mass is 10.2. The summed E-state index contributed by atoms with van der Waals surface area (Å²) in [5, 5.41) is 16.1. The van der Waals surface area contributed by atoms with Crippen molar-refractivity contribution in [3.05, 3.63) is 28.2 Å². The van der Waals surface area contributed by atoms with Gasteiger partial charge in [-0.3, -0.25) is 5.41 Å². The lowest BCUT2D eigenvalue weighted by Gasteiger charge is -2.18. The number of anilines is 1. The van der Waals surface area contributed by atoms with Gasteiger partial charge in [0.1, 0.15) is 5.84 Å². The molecule has 4 nitrogen and oxygen atoms in total. The normalized spacial score (nSPS) is 10.1. The molecule has 0 aliphatic carbocycles. The molecule has 0 saturated carbocycles. The van der Waals surface area contributed by atoms with E-state index in [0.29, 0.717) is 12.1 Å². The summed E-state index contributed by atoms with van der Waals surface area (Å²) in [5.74, 6) is 0.0400. The number of nitrogens with one attached hydrogen (secondary N) is 1. The van der Waals surface area contributed by atoms with Gasteiger partial charge in [-0.2, -0.15) is 0 Å². The van der Waals surface area contributed by atoms with E-state index in [1.165, 1.54) is 0 Å². The number of nitrogens with two attached hydrogens (primary N) is 1. The van der Waals surface area contributed by atoms with Gasteiger partial charge >= 0.3 is 0 Å². The van der Waals surface area contributed by atoms with E-state index in [1.54, 1.807) is 6.07 Å². The van der Waals surface area contributed by atoms with Crippen molar-refractivity contribution in [3.8, 4) is 0 Å². The van der Waals surface area contributed by atoms with Crippen LogP contribution in [0, 0.1) is 5.41 Å². The molecule has 0 saturated heterocycles. The van der Waals surface area contributed by atoms with E-state index in [4.69, 9.17) is 16.2 Å². The second-order valence-electron chi connectivity index (χ2n) is 3.22. The van der Waals surface area contributed by atoms with Crippen LogP contribution >= 0.6 is 15.9 Å². The summed E-state index contributed by atoms with van der Waals surface area (Å²) in [6.45, 7) is 0.689. The summed E-state index contributed by atoms with van der Waals surface area (Å²) in [6, 6.07) is 5.54. The number of hydrogen-bond donors (Lipinski definition) is 3. The maximum atomic E-state index is 8.80. The number of aliphatic hydroxyl groups excluding tert-OH is 1. The van der Waals surface area contributed by atoms with E-state index >= 15 is 0 Å². The third kappa shape index (κ3) is 2.94. The SMILES string of the molecule is CN(CCO)c1ccc(C(=N)N)c(Br)c1. The smallest absolute Gasteiger partial charge is 0.123 e. The van der Waals surface area contributed by atoms with Gasteiger partial charge in [0.15, 0.2) is 0 Å². The van der Waals surface area contributed by atoms with Crippen LogP contribution in [0.3, 0.4) is 0 Å². The summed E-state index contributed by atoms with van der Waals surface area (Å²) in [4.78, 5) is 1.93. The third-order valence-electron chi connectivity index (χ3n) is 2.12. The number of hydrogen-bond acceptors (Lipinski definition) is 3. The van der Waals surface area contributed by atoms with Crippen LogP contribution in [0.4, 0.5) is 5.69 Å². The zero-order valence-corrected chi connectivity index (χ0v) is 10.1.